The van der Waals surface area contributed by atoms with Crippen LogP contribution in [0.25, 0.3) is 0 Å². The number of ether oxygens (including phenoxy) is 1. The van der Waals surface area contributed by atoms with Crippen molar-refractivity contribution < 1.29 is 9.53 Å². The third-order valence-corrected chi connectivity index (χ3v) is 4.89. The predicted octanol–water partition coefficient (Wildman–Crippen LogP) is 1.14. The summed E-state index contributed by atoms with van der Waals surface area (Å²) in [6, 6.07) is 0.438. The standard InChI is InChI=1S/C18H35N5O2.HI/c1-18(2,3)15(25-5)12-20-17(19-4)23-10-8-22(9-11-23)13-16(24)21-14-6-7-14;/h14-15H,6-13H2,1-5H3,(H,19,20)(H,21,24);1H. The van der Waals surface area contributed by atoms with Crippen LogP contribution in [0, 0.1) is 5.41 Å². The molecule has 0 spiro atoms. The Balaban J connectivity index is 0.00000338. The number of aliphatic imine (C=N–C) groups is 1. The molecule has 1 atom stereocenters. The van der Waals surface area contributed by atoms with Crippen molar-refractivity contribution in [1.29, 1.82) is 0 Å². The van der Waals surface area contributed by atoms with E-state index in [9.17, 15) is 4.79 Å². The molecule has 26 heavy (non-hydrogen) atoms. The second-order valence-corrected chi connectivity index (χ2v) is 8.12. The monoisotopic (exact) mass is 481 g/mol. The Hall–Kier alpha value is -0.610. The van der Waals surface area contributed by atoms with Crippen molar-refractivity contribution in [1.82, 2.24) is 20.4 Å². The number of nitrogens with one attached hydrogen (secondary N) is 2. The Labute approximate surface area is 175 Å². The highest BCUT2D eigenvalue weighted by Gasteiger charge is 2.27. The van der Waals surface area contributed by atoms with Crippen LogP contribution in [-0.2, 0) is 9.53 Å². The van der Waals surface area contributed by atoms with Gasteiger partial charge in [-0.25, -0.2) is 0 Å². The van der Waals surface area contributed by atoms with Gasteiger partial charge in [0.2, 0.25) is 5.91 Å². The number of hydrogen-bond acceptors (Lipinski definition) is 4. The molecular formula is C18H36IN5O2. The smallest absolute Gasteiger partial charge is 0.234 e. The lowest BCUT2D eigenvalue weighted by molar-refractivity contribution is -0.122. The zero-order valence-corrected chi connectivity index (χ0v) is 19.2. The molecular weight excluding hydrogens is 445 g/mol. The lowest BCUT2D eigenvalue weighted by atomic mass is 9.89. The summed E-state index contributed by atoms with van der Waals surface area (Å²) in [7, 11) is 3.57. The van der Waals surface area contributed by atoms with E-state index in [1.807, 2.05) is 7.05 Å². The molecule has 1 amide bonds. The van der Waals surface area contributed by atoms with Crippen molar-refractivity contribution in [3.8, 4) is 0 Å². The van der Waals surface area contributed by atoms with E-state index in [1.54, 1.807) is 7.11 Å². The van der Waals surface area contributed by atoms with Gasteiger partial charge in [0.15, 0.2) is 5.96 Å². The highest BCUT2D eigenvalue weighted by Crippen LogP contribution is 2.21. The SMILES string of the molecule is CN=C(NCC(OC)C(C)(C)C)N1CCN(CC(=O)NC2CC2)CC1.I. The van der Waals surface area contributed by atoms with E-state index < -0.39 is 0 Å². The lowest BCUT2D eigenvalue weighted by Crippen LogP contribution is -2.55. The third kappa shape index (κ3) is 7.56. The van der Waals surface area contributed by atoms with Gasteiger partial charge in [-0.15, -0.1) is 24.0 Å². The number of rotatable bonds is 6. The van der Waals surface area contributed by atoms with E-state index in [-0.39, 0.29) is 41.4 Å². The van der Waals surface area contributed by atoms with Crippen LogP contribution in [0.4, 0.5) is 0 Å². The topological polar surface area (TPSA) is 69.2 Å². The molecule has 2 fully saturated rings. The van der Waals surface area contributed by atoms with Gasteiger partial charge in [0.25, 0.3) is 0 Å². The molecule has 0 bridgehead atoms. The molecule has 0 radical (unpaired) electrons. The molecule has 7 nitrogen and oxygen atoms in total. The van der Waals surface area contributed by atoms with Crippen molar-refractivity contribution in [3.63, 3.8) is 0 Å². The minimum Gasteiger partial charge on any atom is -0.379 e. The zero-order valence-electron chi connectivity index (χ0n) is 16.9. The summed E-state index contributed by atoms with van der Waals surface area (Å²) in [5.41, 5.74) is 0.0776. The van der Waals surface area contributed by atoms with Crippen molar-refractivity contribution in [3.05, 3.63) is 0 Å². The number of amides is 1. The second-order valence-electron chi connectivity index (χ2n) is 8.12. The zero-order chi connectivity index (χ0) is 18.4. The van der Waals surface area contributed by atoms with Gasteiger partial charge < -0.3 is 20.3 Å². The van der Waals surface area contributed by atoms with E-state index in [0.717, 1.165) is 51.5 Å². The first-order chi connectivity index (χ1) is 11.8. The number of hydrogen-bond donors (Lipinski definition) is 2. The Bertz CT molecular complexity index is 469. The molecule has 8 heteroatoms. The molecule has 0 aromatic heterocycles. The first-order valence-corrected chi connectivity index (χ1v) is 9.33. The highest BCUT2D eigenvalue weighted by atomic mass is 127. The summed E-state index contributed by atoms with van der Waals surface area (Å²) in [6.45, 7) is 11.3. The average molecular weight is 481 g/mol. The minimum atomic E-state index is 0. The summed E-state index contributed by atoms with van der Waals surface area (Å²) in [5, 5.41) is 6.50. The summed E-state index contributed by atoms with van der Waals surface area (Å²) in [6.07, 6.45) is 2.40. The first-order valence-electron chi connectivity index (χ1n) is 9.33. The van der Waals surface area contributed by atoms with Crippen LogP contribution < -0.4 is 10.6 Å². The van der Waals surface area contributed by atoms with Gasteiger partial charge in [-0.2, -0.15) is 0 Å². The number of carbonyl (C=O) groups is 1. The van der Waals surface area contributed by atoms with E-state index in [2.05, 4.69) is 46.2 Å². The number of nitrogens with zero attached hydrogens (tertiary/aromatic N) is 3. The van der Waals surface area contributed by atoms with Crippen molar-refractivity contribution >= 4 is 35.8 Å². The van der Waals surface area contributed by atoms with E-state index in [1.165, 1.54) is 0 Å². The number of methoxy groups -OCH3 is 1. The van der Waals surface area contributed by atoms with Gasteiger partial charge >= 0.3 is 0 Å². The summed E-state index contributed by atoms with van der Waals surface area (Å²) < 4.78 is 5.61. The average Bonchev–Trinajstić information content (AvgIpc) is 3.35. The quantitative estimate of drug-likeness (QED) is 0.339. The molecule has 2 aliphatic rings. The fraction of sp³-hybridized carbons (Fsp3) is 0.889. The molecule has 1 aliphatic carbocycles. The number of carbonyl (C=O) groups excluding carboxylic acids is 1. The molecule has 1 aliphatic heterocycles. The Morgan fingerprint density at radius 1 is 1.23 bits per heavy atom. The third-order valence-electron chi connectivity index (χ3n) is 4.89. The van der Waals surface area contributed by atoms with Gasteiger partial charge in [-0.1, -0.05) is 20.8 Å². The van der Waals surface area contributed by atoms with E-state index in [0.29, 0.717) is 12.6 Å². The molecule has 2 rings (SSSR count). The maximum absolute atomic E-state index is 11.9. The van der Waals surface area contributed by atoms with E-state index >= 15 is 0 Å². The van der Waals surface area contributed by atoms with Crippen LogP contribution in [0.2, 0.25) is 0 Å². The van der Waals surface area contributed by atoms with Gasteiger partial charge in [0.05, 0.1) is 12.6 Å². The second kappa shape index (κ2) is 10.7. The Kier molecular flexibility index (Phi) is 9.60. The fourth-order valence-electron chi connectivity index (χ4n) is 3.08. The fourth-order valence-corrected chi connectivity index (χ4v) is 3.08. The normalized spacial score (nSPS) is 20.3. The van der Waals surface area contributed by atoms with Crippen LogP contribution in [0.15, 0.2) is 4.99 Å². The van der Waals surface area contributed by atoms with Crippen molar-refractivity contribution in [2.45, 2.75) is 45.8 Å². The largest absolute Gasteiger partial charge is 0.379 e. The summed E-state index contributed by atoms with van der Waals surface area (Å²) >= 11 is 0. The van der Waals surface area contributed by atoms with Gasteiger partial charge in [-0.05, 0) is 18.3 Å². The number of guanidine groups is 1. The summed E-state index contributed by atoms with van der Waals surface area (Å²) in [5.74, 6) is 1.07. The van der Waals surface area contributed by atoms with E-state index in [4.69, 9.17) is 4.74 Å². The molecule has 152 valence electrons. The first kappa shape index (κ1) is 23.4. The van der Waals surface area contributed by atoms with Gasteiger partial charge in [0, 0.05) is 52.9 Å². The Morgan fingerprint density at radius 3 is 2.31 bits per heavy atom. The van der Waals surface area contributed by atoms with Crippen LogP contribution >= 0.6 is 24.0 Å². The minimum absolute atomic E-state index is 0. The number of halogens is 1. The Morgan fingerprint density at radius 2 is 1.85 bits per heavy atom. The number of piperazine rings is 1. The molecule has 0 aromatic carbocycles. The molecule has 2 N–H and O–H groups in total. The predicted molar refractivity (Wildman–Crippen MR) is 116 cm³/mol. The van der Waals surface area contributed by atoms with Crippen molar-refractivity contribution in [2.75, 3.05) is 53.4 Å². The maximum Gasteiger partial charge on any atom is 0.234 e. The van der Waals surface area contributed by atoms with Crippen LogP contribution in [0.5, 0.6) is 0 Å². The molecule has 1 heterocycles. The van der Waals surface area contributed by atoms with Crippen LogP contribution in [0.3, 0.4) is 0 Å². The van der Waals surface area contributed by atoms with Crippen LogP contribution in [-0.4, -0.2) is 87.2 Å². The van der Waals surface area contributed by atoms with Crippen molar-refractivity contribution in [2.24, 2.45) is 10.4 Å². The molecule has 1 saturated heterocycles. The van der Waals surface area contributed by atoms with Gasteiger partial charge in [-0.3, -0.25) is 14.7 Å². The molecule has 0 aromatic rings. The van der Waals surface area contributed by atoms with Crippen LogP contribution in [0.1, 0.15) is 33.6 Å². The maximum atomic E-state index is 11.9. The summed E-state index contributed by atoms with van der Waals surface area (Å²) in [4.78, 5) is 20.8. The van der Waals surface area contributed by atoms with Gasteiger partial charge in [0.1, 0.15) is 0 Å². The highest BCUT2D eigenvalue weighted by molar-refractivity contribution is 14.0. The lowest BCUT2D eigenvalue weighted by Gasteiger charge is -2.37. The molecule has 1 saturated carbocycles. The molecule has 1 unspecified atom stereocenters.